The molecule has 112 valence electrons. The minimum absolute atomic E-state index is 0.533. The number of aliphatic hydroxyl groups excluding tert-OH is 1. The molecule has 3 nitrogen and oxygen atoms in total. The summed E-state index contributed by atoms with van der Waals surface area (Å²) in [5.74, 6) is 1.30. The number of rotatable bonds is 6. The van der Waals surface area contributed by atoms with Crippen LogP contribution in [0.1, 0.15) is 31.1 Å². The van der Waals surface area contributed by atoms with E-state index in [1.54, 1.807) is 12.1 Å². The zero-order chi connectivity index (χ0) is 15.2. The van der Waals surface area contributed by atoms with Crippen molar-refractivity contribution in [2.75, 3.05) is 13.2 Å². The Balaban J connectivity index is 2.35. The molecule has 1 unspecified atom stereocenters. The van der Waals surface area contributed by atoms with Crippen molar-refractivity contribution in [1.82, 2.24) is 0 Å². The summed E-state index contributed by atoms with van der Waals surface area (Å²) in [6.45, 7) is 4.92. The highest BCUT2D eigenvalue weighted by Gasteiger charge is 2.16. The van der Waals surface area contributed by atoms with Crippen molar-refractivity contribution in [3.05, 3.63) is 58.6 Å². The molecule has 0 aliphatic heterocycles. The highest BCUT2D eigenvalue weighted by molar-refractivity contribution is 6.31. The molecule has 0 spiro atoms. The van der Waals surface area contributed by atoms with Crippen LogP contribution >= 0.6 is 11.6 Å². The number of halogens is 1. The second kappa shape index (κ2) is 7.34. The molecule has 1 atom stereocenters. The number of hydrogen-bond acceptors (Lipinski definition) is 3. The van der Waals surface area contributed by atoms with Gasteiger partial charge in [0.15, 0.2) is 11.5 Å². The smallest absolute Gasteiger partial charge is 0.161 e. The summed E-state index contributed by atoms with van der Waals surface area (Å²) in [5.41, 5.74) is 1.39. The van der Waals surface area contributed by atoms with Crippen LogP contribution in [0.15, 0.2) is 42.5 Å². The lowest BCUT2D eigenvalue weighted by atomic mass is 10.0. The van der Waals surface area contributed by atoms with Gasteiger partial charge in [-0.2, -0.15) is 0 Å². The molecule has 0 heterocycles. The molecule has 21 heavy (non-hydrogen) atoms. The summed E-state index contributed by atoms with van der Waals surface area (Å²) in [7, 11) is 0. The molecule has 0 aliphatic rings. The van der Waals surface area contributed by atoms with Gasteiger partial charge in [0.05, 0.1) is 13.2 Å². The van der Waals surface area contributed by atoms with E-state index in [-0.39, 0.29) is 0 Å². The summed E-state index contributed by atoms with van der Waals surface area (Å²) >= 11 is 6.14. The first kappa shape index (κ1) is 15.7. The quantitative estimate of drug-likeness (QED) is 0.868. The maximum atomic E-state index is 10.5. The van der Waals surface area contributed by atoms with Crippen LogP contribution in [0, 0.1) is 0 Å². The third-order valence-electron chi connectivity index (χ3n) is 3.08. The largest absolute Gasteiger partial charge is 0.490 e. The van der Waals surface area contributed by atoms with Gasteiger partial charge >= 0.3 is 0 Å². The van der Waals surface area contributed by atoms with Crippen LogP contribution < -0.4 is 9.47 Å². The third-order valence-corrected chi connectivity index (χ3v) is 3.43. The van der Waals surface area contributed by atoms with Crippen LogP contribution in [-0.2, 0) is 0 Å². The van der Waals surface area contributed by atoms with Gasteiger partial charge in [-0.15, -0.1) is 0 Å². The van der Waals surface area contributed by atoms with E-state index in [1.807, 2.05) is 44.2 Å². The number of hydrogen-bond donors (Lipinski definition) is 1. The van der Waals surface area contributed by atoms with E-state index in [1.165, 1.54) is 0 Å². The Kier molecular flexibility index (Phi) is 5.48. The average Bonchev–Trinajstić information content (AvgIpc) is 2.49. The summed E-state index contributed by atoms with van der Waals surface area (Å²) in [6.07, 6.45) is -0.798. The minimum atomic E-state index is -0.798. The molecule has 2 rings (SSSR count). The van der Waals surface area contributed by atoms with Gasteiger partial charge in [0, 0.05) is 10.6 Å². The highest BCUT2D eigenvalue weighted by Crippen LogP contribution is 2.34. The summed E-state index contributed by atoms with van der Waals surface area (Å²) in [5, 5.41) is 11.0. The van der Waals surface area contributed by atoms with Crippen LogP contribution in [0.25, 0.3) is 0 Å². The summed E-state index contributed by atoms with van der Waals surface area (Å²) in [4.78, 5) is 0. The Morgan fingerprint density at radius 2 is 1.67 bits per heavy atom. The fourth-order valence-electron chi connectivity index (χ4n) is 2.11. The molecular formula is C17H19ClO3. The van der Waals surface area contributed by atoms with Crippen LogP contribution in [0.3, 0.4) is 0 Å². The monoisotopic (exact) mass is 306 g/mol. The Labute approximate surface area is 130 Å². The second-order valence-corrected chi connectivity index (χ2v) is 4.90. The van der Waals surface area contributed by atoms with Gasteiger partial charge in [-0.3, -0.25) is 0 Å². The third kappa shape index (κ3) is 3.69. The maximum Gasteiger partial charge on any atom is 0.161 e. The molecule has 0 aliphatic carbocycles. The van der Waals surface area contributed by atoms with Gasteiger partial charge in [0.2, 0.25) is 0 Å². The van der Waals surface area contributed by atoms with E-state index in [9.17, 15) is 5.11 Å². The lowest BCUT2D eigenvalue weighted by Crippen LogP contribution is -2.03. The lowest BCUT2D eigenvalue weighted by molar-refractivity contribution is 0.219. The fraction of sp³-hybridized carbons (Fsp3) is 0.294. The van der Waals surface area contributed by atoms with Crippen molar-refractivity contribution < 1.29 is 14.6 Å². The van der Waals surface area contributed by atoms with Crippen molar-refractivity contribution in [1.29, 1.82) is 0 Å². The van der Waals surface area contributed by atoms with Gasteiger partial charge in [-0.25, -0.2) is 0 Å². The first-order valence-corrected chi connectivity index (χ1v) is 7.37. The molecule has 0 saturated carbocycles. The SMILES string of the molecule is CCOc1ccc(C(O)c2ccccc2Cl)cc1OCC. The zero-order valence-electron chi connectivity index (χ0n) is 12.2. The van der Waals surface area contributed by atoms with E-state index in [0.717, 1.165) is 5.56 Å². The average molecular weight is 307 g/mol. The first-order chi connectivity index (χ1) is 10.2. The topological polar surface area (TPSA) is 38.7 Å². The zero-order valence-corrected chi connectivity index (χ0v) is 12.9. The number of benzene rings is 2. The van der Waals surface area contributed by atoms with E-state index in [4.69, 9.17) is 21.1 Å². The standard InChI is InChI=1S/C17H19ClO3/c1-3-20-15-10-9-12(11-16(15)21-4-2)17(19)13-7-5-6-8-14(13)18/h5-11,17,19H,3-4H2,1-2H3. The predicted molar refractivity (Wildman–Crippen MR) is 84.3 cm³/mol. The van der Waals surface area contributed by atoms with Crippen LogP contribution in [0.5, 0.6) is 11.5 Å². The molecule has 0 aromatic heterocycles. The fourth-order valence-corrected chi connectivity index (χ4v) is 2.35. The van der Waals surface area contributed by atoms with Crippen LogP contribution in [0.2, 0.25) is 5.02 Å². The Bertz CT molecular complexity index is 598. The Morgan fingerprint density at radius 3 is 2.33 bits per heavy atom. The minimum Gasteiger partial charge on any atom is -0.490 e. The van der Waals surface area contributed by atoms with E-state index >= 15 is 0 Å². The molecule has 2 aromatic carbocycles. The van der Waals surface area contributed by atoms with Gasteiger partial charge in [0.1, 0.15) is 6.10 Å². The van der Waals surface area contributed by atoms with Gasteiger partial charge < -0.3 is 14.6 Å². The maximum absolute atomic E-state index is 10.5. The number of aliphatic hydroxyl groups is 1. The Morgan fingerprint density at radius 1 is 1.00 bits per heavy atom. The normalized spacial score (nSPS) is 12.0. The van der Waals surface area contributed by atoms with Crippen LogP contribution in [0.4, 0.5) is 0 Å². The number of ether oxygens (including phenoxy) is 2. The van der Waals surface area contributed by atoms with Crippen molar-refractivity contribution in [3.63, 3.8) is 0 Å². The molecule has 0 bridgehead atoms. The molecule has 0 amide bonds. The lowest BCUT2D eigenvalue weighted by Gasteiger charge is -2.16. The van der Waals surface area contributed by atoms with E-state index in [0.29, 0.717) is 35.3 Å². The second-order valence-electron chi connectivity index (χ2n) is 4.50. The molecule has 4 heteroatoms. The molecular weight excluding hydrogens is 288 g/mol. The summed E-state index contributed by atoms with van der Waals surface area (Å²) in [6, 6.07) is 12.7. The van der Waals surface area contributed by atoms with Gasteiger partial charge in [-0.05, 0) is 37.6 Å². The van der Waals surface area contributed by atoms with E-state index in [2.05, 4.69) is 0 Å². The van der Waals surface area contributed by atoms with Crippen molar-refractivity contribution in [2.45, 2.75) is 20.0 Å². The van der Waals surface area contributed by atoms with Gasteiger partial charge in [-0.1, -0.05) is 35.9 Å². The summed E-state index contributed by atoms with van der Waals surface area (Å²) < 4.78 is 11.1. The molecule has 0 saturated heterocycles. The van der Waals surface area contributed by atoms with Crippen molar-refractivity contribution in [2.24, 2.45) is 0 Å². The highest BCUT2D eigenvalue weighted by atomic mass is 35.5. The predicted octanol–water partition coefficient (Wildman–Crippen LogP) is 4.22. The first-order valence-electron chi connectivity index (χ1n) is 6.99. The molecule has 2 aromatic rings. The van der Waals surface area contributed by atoms with E-state index < -0.39 is 6.10 Å². The molecule has 0 fully saturated rings. The molecule has 1 N–H and O–H groups in total. The van der Waals surface area contributed by atoms with Gasteiger partial charge in [0.25, 0.3) is 0 Å². The Hall–Kier alpha value is -1.71. The van der Waals surface area contributed by atoms with Crippen LogP contribution in [-0.4, -0.2) is 18.3 Å². The molecule has 0 radical (unpaired) electrons. The van der Waals surface area contributed by atoms with Crippen molar-refractivity contribution in [3.8, 4) is 11.5 Å². The van der Waals surface area contributed by atoms with Crippen molar-refractivity contribution >= 4 is 11.6 Å².